The van der Waals surface area contributed by atoms with E-state index in [0.717, 1.165) is 53.2 Å². The van der Waals surface area contributed by atoms with Gasteiger partial charge in [0.15, 0.2) is 0 Å². The summed E-state index contributed by atoms with van der Waals surface area (Å²) in [7, 11) is 0. The van der Waals surface area contributed by atoms with E-state index < -0.39 is 5.60 Å². The van der Waals surface area contributed by atoms with Crippen molar-refractivity contribution in [1.82, 2.24) is 9.88 Å². The zero-order valence-corrected chi connectivity index (χ0v) is 18.8. The number of hydrogen-bond donors (Lipinski definition) is 1. The maximum atomic E-state index is 11.2. The van der Waals surface area contributed by atoms with Gasteiger partial charge in [-0.1, -0.05) is 48.5 Å². The minimum absolute atomic E-state index is 0.169. The van der Waals surface area contributed by atoms with E-state index in [1.54, 1.807) is 6.92 Å². The zero-order chi connectivity index (χ0) is 22.7. The lowest BCUT2D eigenvalue weighted by Crippen LogP contribution is -2.30. The summed E-state index contributed by atoms with van der Waals surface area (Å²) in [6, 6.07) is 25.9. The normalized spacial score (nSPS) is 15.8. The topological polar surface area (TPSA) is 54.8 Å². The number of para-hydroxylation sites is 2. The molecule has 0 radical (unpaired) electrons. The molecule has 33 heavy (non-hydrogen) atoms. The lowest BCUT2D eigenvalue weighted by atomic mass is 9.94. The van der Waals surface area contributed by atoms with Crippen LogP contribution in [0.5, 0.6) is 11.5 Å². The molecule has 2 heterocycles. The van der Waals surface area contributed by atoms with Gasteiger partial charge >= 0.3 is 0 Å². The van der Waals surface area contributed by atoms with Crippen LogP contribution < -0.4 is 9.47 Å². The third-order valence-electron chi connectivity index (χ3n) is 6.11. The second-order valence-electron chi connectivity index (χ2n) is 8.75. The summed E-state index contributed by atoms with van der Waals surface area (Å²) in [4.78, 5) is 6.97. The Morgan fingerprint density at radius 2 is 1.88 bits per heavy atom. The van der Waals surface area contributed by atoms with Crippen molar-refractivity contribution in [2.75, 3.05) is 19.8 Å². The molecule has 0 saturated heterocycles. The van der Waals surface area contributed by atoms with Crippen LogP contribution in [0.3, 0.4) is 0 Å². The fourth-order valence-electron chi connectivity index (χ4n) is 4.28. The molecule has 1 N–H and O–H groups in total. The number of aromatic nitrogens is 1. The van der Waals surface area contributed by atoms with Gasteiger partial charge in [0.1, 0.15) is 30.3 Å². The van der Waals surface area contributed by atoms with Crippen LogP contribution in [-0.4, -0.2) is 34.7 Å². The first kappa shape index (κ1) is 21.4. The third kappa shape index (κ3) is 4.85. The van der Waals surface area contributed by atoms with E-state index in [4.69, 9.17) is 9.47 Å². The van der Waals surface area contributed by atoms with Crippen molar-refractivity contribution in [2.24, 2.45) is 0 Å². The Bertz CT molecular complexity index is 1240. The Balaban J connectivity index is 1.35. The highest BCUT2D eigenvalue weighted by Crippen LogP contribution is 2.31. The number of ether oxygens (including phenoxy) is 2. The Hall–Kier alpha value is -3.41. The minimum Gasteiger partial charge on any atom is -0.492 e. The molecule has 5 rings (SSSR count). The van der Waals surface area contributed by atoms with E-state index in [1.807, 2.05) is 60.8 Å². The SMILES string of the molecule is CC(O)(COc1ccccc1)c1ccc2c(c1)CN(Cc1cccc3cccnc13)CCO2. The van der Waals surface area contributed by atoms with Gasteiger partial charge in [-0.05, 0) is 48.4 Å². The number of hydrogen-bond acceptors (Lipinski definition) is 5. The van der Waals surface area contributed by atoms with E-state index in [0.29, 0.717) is 6.61 Å². The summed E-state index contributed by atoms with van der Waals surface area (Å²) in [6.07, 6.45) is 1.85. The summed E-state index contributed by atoms with van der Waals surface area (Å²) in [5, 5.41) is 12.3. The molecule has 5 heteroatoms. The zero-order valence-electron chi connectivity index (χ0n) is 18.8. The van der Waals surface area contributed by atoms with E-state index in [9.17, 15) is 5.11 Å². The van der Waals surface area contributed by atoms with Gasteiger partial charge < -0.3 is 14.6 Å². The quantitative estimate of drug-likeness (QED) is 0.461. The van der Waals surface area contributed by atoms with Gasteiger partial charge in [-0.15, -0.1) is 0 Å². The highest BCUT2D eigenvalue weighted by molar-refractivity contribution is 5.81. The number of aliphatic hydroxyl groups is 1. The van der Waals surface area contributed by atoms with Crippen molar-refractivity contribution in [3.05, 3.63) is 102 Å². The van der Waals surface area contributed by atoms with Gasteiger partial charge in [0.05, 0.1) is 5.52 Å². The second kappa shape index (κ2) is 9.22. The fraction of sp³-hybridized carbons (Fsp3) is 0.250. The van der Waals surface area contributed by atoms with Crippen LogP contribution in [0.1, 0.15) is 23.6 Å². The average molecular weight is 441 g/mol. The molecule has 0 spiro atoms. The predicted molar refractivity (Wildman–Crippen MR) is 129 cm³/mol. The van der Waals surface area contributed by atoms with Crippen molar-refractivity contribution in [1.29, 1.82) is 0 Å². The van der Waals surface area contributed by atoms with Crippen LogP contribution in [0.25, 0.3) is 10.9 Å². The first-order valence-electron chi connectivity index (χ1n) is 11.3. The molecule has 1 atom stereocenters. The fourth-order valence-corrected chi connectivity index (χ4v) is 4.28. The first-order chi connectivity index (χ1) is 16.1. The molecule has 4 aromatic rings. The van der Waals surface area contributed by atoms with Gasteiger partial charge in [-0.25, -0.2) is 0 Å². The van der Waals surface area contributed by atoms with Crippen LogP contribution in [0.4, 0.5) is 0 Å². The minimum atomic E-state index is -1.12. The summed E-state index contributed by atoms with van der Waals surface area (Å²) < 4.78 is 11.9. The molecule has 1 aliphatic heterocycles. The smallest absolute Gasteiger partial charge is 0.123 e. The molecule has 0 saturated carbocycles. The lowest BCUT2D eigenvalue weighted by Gasteiger charge is -2.25. The standard InChI is InChI=1S/C28H28N2O3/c1-28(31,20-33-25-10-3-2-4-11-25)24-12-13-26-23(17-24)19-30(15-16-32-26)18-22-8-5-7-21-9-6-14-29-27(21)22/h2-14,17,31H,15-16,18-20H2,1H3. The molecule has 3 aromatic carbocycles. The summed E-state index contributed by atoms with van der Waals surface area (Å²) >= 11 is 0. The molecule has 168 valence electrons. The third-order valence-corrected chi connectivity index (χ3v) is 6.11. The molecular weight excluding hydrogens is 412 g/mol. The van der Waals surface area contributed by atoms with Crippen LogP contribution in [0.15, 0.2) is 85.1 Å². The Labute approximate surface area is 194 Å². The number of fused-ring (bicyclic) bond motifs is 2. The number of nitrogens with zero attached hydrogens (tertiary/aromatic N) is 2. The highest BCUT2D eigenvalue weighted by atomic mass is 16.5. The molecule has 1 aromatic heterocycles. The number of pyridine rings is 1. The number of rotatable bonds is 6. The van der Waals surface area contributed by atoms with E-state index in [2.05, 4.69) is 34.1 Å². The molecular formula is C28H28N2O3. The highest BCUT2D eigenvalue weighted by Gasteiger charge is 2.27. The van der Waals surface area contributed by atoms with Crippen molar-refractivity contribution in [2.45, 2.75) is 25.6 Å². The summed E-state index contributed by atoms with van der Waals surface area (Å²) in [5.74, 6) is 1.61. The van der Waals surface area contributed by atoms with Crippen molar-refractivity contribution in [3.63, 3.8) is 0 Å². The molecule has 0 aliphatic carbocycles. The molecule has 0 bridgehead atoms. The maximum absolute atomic E-state index is 11.2. The monoisotopic (exact) mass is 440 g/mol. The van der Waals surface area contributed by atoms with Crippen LogP contribution >= 0.6 is 0 Å². The largest absolute Gasteiger partial charge is 0.492 e. The summed E-state index contributed by atoms with van der Waals surface area (Å²) in [5.41, 5.74) is 3.01. The van der Waals surface area contributed by atoms with E-state index in [1.165, 1.54) is 5.56 Å². The van der Waals surface area contributed by atoms with Crippen LogP contribution in [0, 0.1) is 0 Å². The average Bonchev–Trinajstić information content (AvgIpc) is 3.05. The summed E-state index contributed by atoms with van der Waals surface area (Å²) in [6.45, 7) is 4.92. The van der Waals surface area contributed by atoms with Gasteiger partial charge in [-0.2, -0.15) is 0 Å². The predicted octanol–water partition coefficient (Wildman–Crippen LogP) is 4.92. The van der Waals surface area contributed by atoms with E-state index in [-0.39, 0.29) is 6.61 Å². The van der Waals surface area contributed by atoms with Gasteiger partial charge in [0.25, 0.3) is 0 Å². The molecule has 1 aliphatic rings. The van der Waals surface area contributed by atoms with Crippen molar-refractivity contribution >= 4 is 10.9 Å². The Morgan fingerprint density at radius 1 is 1.03 bits per heavy atom. The van der Waals surface area contributed by atoms with Crippen molar-refractivity contribution < 1.29 is 14.6 Å². The first-order valence-corrected chi connectivity index (χ1v) is 11.3. The number of benzene rings is 3. The van der Waals surface area contributed by atoms with Crippen LogP contribution in [0.2, 0.25) is 0 Å². The van der Waals surface area contributed by atoms with Gasteiger partial charge in [0, 0.05) is 36.8 Å². The molecule has 0 amide bonds. The lowest BCUT2D eigenvalue weighted by molar-refractivity contribution is 0.00748. The Morgan fingerprint density at radius 3 is 2.76 bits per heavy atom. The van der Waals surface area contributed by atoms with Crippen LogP contribution in [-0.2, 0) is 18.7 Å². The molecule has 5 nitrogen and oxygen atoms in total. The Kier molecular flexibility index (Phi) is 5.99. The molecule has 1 unspecified atom stereocenters. The molecule has 0 fully saturated rings. The van der Waals surface area contributed by atoms with Crippen molar-refractivity contribution in [3.8, 4) is 11.5 Å². The van der Waals surface area contributed by atoms with Gasteiger partial charge in [0.2, 0.25) is 0 Å². The van der Waals surface area contributed by atoms with E-state index >= 15 is 0 Å². The van der Waals surface area contributed by atoms with Gasteiger partial charge in [-0.3, -0.25) is 9.88 Å². The second-order valence-corrected chi connectivity index (χ2v) is 8.75. The maximum Gasteiger partial charge on any atom is 0.123 e.